The van der Waals surface area contributed by atoms with Crippen LogP contribution in [0.3, 0.4) is 0 Å². The molecule has 0 aliphatic carbocycles. The Morgan fingerprint density at radius 3 is 1.46 bits per heavy atom. The Labute approximate surface area is 617 Å². The molecule has 0 N–H and O–H groups in total. The van der Waals surface area contributed by atoms with Crippen molar-refractivity contribution >= 4 is 34.1 Å². The Morgan fingerprint density at radius 2 is 0.939 bits per heavy atom. The van der Waals surface area contributed by atoms with E-state index in [1.807, 2.05) is 110 Å². The quantitative estimate of drug-likeness (QED) is 0.118. The molecule has 98 heavy (non-hydrogen) atoms. The number of hydrogen-bond donors (Lipinski definition) is 0. The van der Waals surface area contributed by atoms with Gasteiger partial charge in [-0.15, -0.1) is 112 Å². The molecular formula is C84H74Ir3N11-2. The molecule has 1 aliphatic heterocycles. The van der Waals surface area contributed by atoms with E-state index in [1.54, 1.807) is 6.20 Å². The van der Waals surface area contributed by atoms with Gasteiger partial charge in [0.25, 0.3) is 0 Å². The van der Waals surface area contributed by atoms with Crippen molar-refractivity contribution in [2.24, 2.45) is 7.05 Å². The van der Waals surface area contributed by atoms with E-state index in [-0.39, 0.29) is 60.3 Å². The van der Waals surface area contributed by atoms with Gasteiger partial charge in [-0.3, -0.25) is 24.9 Å². The summed E-state index contributed by atoms with van der Waals surface area (Å²) >= 11 is 0. The summed E-state index contributed by atoms with van der Waals surface area (Å²) < 4.78 is 6.28. The molecule has 0 spiro atoms. The molecule has 0 fully saturated rings. The van der Waals surface area contributed by atoms with Crippen LogP contribution < -0.4 is 14.7 Å². The molecule has 0 amide bonds. The van der Waals surface area contributed by atoms with Crippen molar-refractivity contribution in [1.82, 2.24) is 38.6 Å². The number of rotatable bonds is 11. The molecule has 0 saturated carbocycles. The van der Waals surface area contributed by atoms with Crippen molar-refractivity contribution in [2.75, 3.05) is 21.7 Å². The van der Waals surface area contributed by atoms with E-state index in [4.69, 9.17) is 0 Å². The molecule has 494 valence electrons. The van der Waals surface area contributed by atoms with E-state index in [1.165, 1.54) is 67.1 Å². The van der Waals surface area contributed by atoms with Crippen LogP contribution in [0.1, 0.15) is 44.5 Å². The number of benzene rings is 9. The van der Waals surface area contributed by atoms with Crippen LogP contribution in [0.5, 0.6) is 0 Å². The van der Waals surface area contributed by atoms with E-state index < -0.39 is 0 Å². The summed E-state index contributed by atoms with van der Waals surface area (Å²) in [5.74, 6) is 2.73. The van der Waals surface area contributed by atoms with Crippen LogP contribution in [-0.2, 0) is 67.4 Å². The Morgan fingerprint density at radius 1 is 0.398 bits per heavy atom. The maximum atomic E-state index is 4.58. The molecule has 11 nitrogen and oxygen atoms in total. The summed E-state index contributed by atoms with van der Waals surface area (Å²) in [7, 11) is 4.07. The minimum absolute atomic E-state index is 0. The zero-order valence-electron chi connectivity index (χ0n) is 56.3. The fourth-order valence-corrected chi connectivity index (χ4v) is 12.3. The van der Waals surface area contributed by atoms with Crippen LogP contribution in [0.15, 0.2) is 262 Å². The zero-order valence-corrected chi connectivity index (χ0v) is 63.5. The number of fused-ring (bicyclic) bond motifs is 1. The van der Waals surface area contributed by atoms with Crippen LogP contribution in [0, 0.1) is 86.3 Å². The van der Waals surface area contributed by atoms with Gasteiger partial charge in [0, 0.05) is 155 Å². The van der Waals surface area contributed by atoms with Crippen molar-refractivity contribution in [3.63, 3.8) is 0 Å². The van der Waals surface area contributed by atoms with Gasteiger partial charge in [0.15, 0.2) is 0 Å². The van der Waals surface area contributed by atoms with Crippen molar-refractivity contribution in [3.05, 3.63) is 338 Å². The van der Waals surface area contributed by atoms with Gasteiger partial charge in [-0.25, -0.2) is 0 Å². The third-order valence-corrected chi connectivity index (χ3v) is 16.7. The second-order valence-corrected chi connectivity index (χ2v) is 23.8. The Balaban J connectivity index is 0.000000156. The summed E-state index contributed by atoms with van der Waals surface area (Å²) in [6, 6.07) is 82.2. The zero-order chi connectivity index (χ0) is 66.0. The van der Waals surface area contributed by atoms with Gasteiger partial charge < -0.3 is 28.4 Å². The topological polar surface area (TPSA) is 89.0 Å². The smallest absolute Gasteiger partial charge is 0.504 e. The van der Waals surface area contributed by atoms with Crippen LogP contribution in [-0.4, -0.2) is 45.7 Å². The first kappa shape index (κ1) is 72.5. The first-order chi connectivity index (χ1) is 46.3. The number of nitrogens with zero attached hydrogens (tertiary/aromatic N) is 11. The van der Waals surface area contributed by atoms with Gasteiger partial charge in [-0.05, 0) is 160 Å². The third kappa shape index (κ3) is 16.4. The summed E-state index contributed by atoms with van der Waals surface area (Å²) in [6.45, 7) is 19.0. The summed E-state index contributed by atoms with van der Waals surface area (Å²) in [5, 5.41) is 0. The number of anilines is 6. The van der Waals surface area contributed by atoms with Crippen LogP contribution in [0.4, 0.5) is 34.1 Å². The largest absolute Gasteiger partial charge is 3.00 e. The minimum atomic E-state index is 0. The average molecular weight is 1810 g/mol. The standard InChI is InChI=1S/C30H26N3.C23H20N3.C17H16N3.C14H12N2.3Ir/c1-22-19-28(33(26-13-6-4-7-14-26)27-15-8-5-9-16-27)20-23(2)29(22)24-11-10-12-25(21-24)30-31-17-18-32(30)3;1-16-6-8-19(9-7-16)23-25-11-12-26(23)22-17(2)13-21(14-18(22)3)20-5-4-10-24-15-20;1-12-4-6-15(7-5-12)17-19-8-9-20(17)16-13(2)10-18-11-14(16)3;1-15-11-16(12-7-3-2-4-8-12)14-10-6-5-9-13(14)15;;;/h4-11,13-21H,1-3H3;4-8,10-15H,1-3H3;4-6,8-11H,1-3H3;2-7,9-11H,1H3;;;/q3*-1;-2;;;+3. The van der Waals surface area contributed by atoms with Crippen molar-refractivity contribution < 1.29 is 60.3 Å². The second kappa shape index (κ2) is 33.5. The van der Waals surface area contributed by atoms with Crippen LogP contribution in [0.2, 0.25) is 0 Å². The summed E-state index contributed by atoms with van der Waals surface area (Å²) in [6.07, 6.45) is 18.9. The molecule has 0 unspecified atom stereocenters. The SMILES string of the molecule is CN1[CH-]N(c2[c-]cccc2)c2ccccc21.Cc1c[c-]c(-c2nccn2-c2c(C)cc(-c3cccnc3)cc2C)cc1.Cc1c[c-]c(-c2nccn2-c2c(C)cncc2C)cc1.Cc1cc(N(c2ccccc2)c2ccccc2)cc(C)c1-c1cc[c-]c(-c2nccn2C)c1.[Ir+3].[Ir].[Ir]. The van der Waals surface area contributed by atoms with E-state index >= 15 is 0 Å². The Kier molecular flexibility index (Phi) is 24.8. The second-order valence-electron chi connectivity index (χ2n) is 23.8. The molecule has 15 rings (SSSR count). The third-order valence-electron chi connectivity index (χ3n) is 16.7. The minimum Gasteiger partial charge on any atom is -0.504 e. The fraction of sp³-hybridized carbons (Fsp3) is 0.119. The van der Waals surface area contributed by atoms with Gasteiger partial charge in [-0.1, -0.05) is 68.4 Å². The van der Waals surface area contributed by atoms with Gasteiger partial charge in [0.05, 0.1) is 17.5 Å². The molecular weight excluding hydrogens is 1740 g/mol. The number of hydrogen-bond acceptors (Lipinski definition) is 8. The predicted octanol–water partition coefficient (Wildman–Crippen LogP) is 19.8. The molecule has 0 atom stereocenters. The molecule has 6 heterocycles. The van der Waals surface area contributed by atoms with Crippen LogP contribution in [0.25, 0.3) is 67.8 Å². The molecule has 1 aliphatic rings. The monoisotopic (exact) mass is 1820 g/mol. The molecule has 9 aromatic carbocycles. The number of aryl methyl sites for hydroxylation is 9. The van der Waals surface area contributed by atoms with Gasteiger partial charge in [0.1, 0.15) is 0 Å². The summed E-state index contributed by atoms with van der Waals surface area (Å²) in [5.41, 5.74) is 26.5. The molecule has 5 aromatic heterocycles. The Bertz CT molecular complexity index is 4770. The normalized spacial score (nSPS) is 11.0. The van der Waals surface area contributed by atoms with Crippen molar-refractivity contribution in [2.45, 2.75) is 55.4 Å². The van der Waals surface area contributed by atoms with Gasteiger partial charge in [0.2, 0.25) is 0 Å². The molecule has 14 heteroatoms. The predicted molar refractivity (Wildman–Crippen MR) is 389 cm³/mol. The maximum absolute atomic E-state index is 4.58. The van der Waals surface area contributed by atoms with E-state index in [0.717, 1.165) is 79.3 Å². The van der Waals surface area contributed by atoms with Gasteiger partial charge in [-0.2, -0.15) is 37.0 Å². The molecule has 14 aromatic rings. The number of aromatic nitrogens is 8. The number of imidazole rings is 3. The first-order valence-electron chi connectivity index (χ1n) is 31.7. The average Bonchev–Trinajstić information content (AvgIpc) is 1.25. The summed E-state index contributed by atoms with van der Waals surface area (Å²) in [4.78, 5) is 28.6. The van der Waals surface area contributed by atoms with E-state index in [0.29, 0.717) is 0 Å². The maximum Gasteiger partial charge on any atom is 3.00 e. The van der Waals surface area contributed by atoms with Crippen molar-refractivity contribution in [1.29, 1.82) is 0 Å². The first-order valence-corrected chi connectivity index (χ1v) is 31.7. The molecule has 2 radical (unpaired) electrons. The van der Waals surface area contributed by atoms with Gasteiger partial charge >= 0.3 is 20.1 Å². The van der Waals surface area contributed by atoms with Crippen LogP contribution >= 0.6 is 0 Å². The fourth-order valence-electron chi connectivity index (χ4n) is 12.3. The molecule has 0 bridgehead atoms. The van der Waals surface area contributed by atoms with E-state index in [9.17, 15) is 0 Å². The number of para-hydroxylation sites is 5. The molecule has 0 saturated heterocycles. The Hall–Kier alpha value is -9.74. The number of pyridine rings is 2. The van der Waals surface area contributed by atoms with Crippen molar-refractivity contribution in [3.8, 4) is 67.8 Å². The van der Waals surface area contributed by atoms with E-state index in [2.05, 4.69) is 300 Å².